The molecular formula is C17H21NO2. The van der Waals surface area contributed by atoms with Crippen LogP contribution < -0.4 is 10.1 Å². The van der Waals surface area contributed by atoms with Crippen molar-refractivity contribution in [2.45, 2.75) is 19.6 Å². The second kappa shape index (κ2) is 7.08. The van der Waals surface area contributed by atoms with E-state index in [2.05, 4.69) is 24.4 Å². The summed E-state index contributed by atoms with van der Waals surface area (Å²) in [6.07, 6.45) is -0.533. The van der Waals surface area contributed by atoms with Gasteiger partial charge in [-0.15, -0.1) is 0 Å². The normalized spacial score (nSPS) is 12.2. The van der Waals surface area contributed by atoms with E-state index >= 15 is 0 Å². The Kier molecular flexibility index (Phi) is 5.16. The molecule has 0 fully saturated rings. The van der Waals surface area contributed by atoms with Crippen LogP contribution in [0.15, 0.2) is 48.5 Å². The lowest BCUT2D eigenvalue weighted by atomic mass is 10.1. The summed E-state index contributed by atoms with van der Waals surface area (Å²) >= 11 is 0. The third kappa shape index (κ3) is 3.83. The first-order valence-electron chi connectivity index (χ1n) is 6.78. The number of rotatable bonds is 6. The molecule has 0 bridgehead atoms. The summed E-state index contributed by atoms with van der Waals surface area (Å²) in [6, 6.07) is 15.8. The van der Waals surface area contributed by atoms with Gasteiger partial charge in [0.2, 0.25) is 0 Å². The fourth-order valence-corrected chi connectivity index (χ4v) is 2.12. The number of nitrogens with one attached hydrogen (secondary N) is 1. The van der Waals surface area contributed by atoms with Crippen LogP contribution in [-0.4, -0.2) is 18.8 Å². The molecule has 0 radical (unpaired) electrons. The summed E-state index contributed by atoms with van der Waals surface area (Å²) in [7, 11) is 1.63. The molecule has 3 heteroatoms. The maximum atomic E-state index is 10.2. The lowest BCUT2D eigenvalue weighted by Crippen LogP contribution is -2.21. The SMILES string of the molecule is COc1cccc(C(O)CNCc2ccccc2C)c1. The molecule has 0 saturated heterocycles. The molecule has 0 aliphatic heterocycles. The monoisotopic (exact) mass is 271 g/mol. The second-order valence-corrected chi connectivity index (χ2v) is 4.85. The number of methoxy groups -OCH3 is 1. The molecule has 0 amide bonds. The van der Waals surface area contributed by atoms with Crippen LogP contribution >= 0.6 is 0 Å². The molecule has 0 heterocycles. The standard InChI is InChI=1S/C17H21NO2/c1-13-6-3-4-7-15(13)11-18-12-17(19)14-8-5-9-16(10-14)20-2/h3-10,17-19H,11-12H2,1-2H3. The molecule has 20 heavy (non-hydrogen) atoms. The molecule has 2 aromatic carbocycles. The zero-order valence-electron chi connectivity index (χ0n) is 12.0. The molecule has 2 N–H and O–H groups in total. The Hall–Kier alpha value is -1.84. The van der Waals surface area contributed by atoms with Crippen LogP contribution in [0.2, 0.25) is 0 Å². The summed E-state index contributed by atoms with van der Waals surface area (Å²) in [5.74, 6) is 0.764. The van der Waals surface area contributed by atoms with Gasteiger partial charge in [-0.05, 0) is 35.7 Å². The van der Waals surface area contributed by atoms with Gasteiger partial charge in [0, 0.05) is 13.1 Å². The van der Waals surface area contributed by atoms with Crippen molar-refractivity contribution in [3.63, 3.8) is 0 Å². The van der Waals surface area contributed by atoms with E-state index in [9.17, 15) is 5.11 Å². The predicted molar refractivity (Wildman–Crippen MR) is 80.8 cm³/mol. The molecule has 106 valence electrons. The van der Waals surface area contributed by atoms with Gasteiger partial charge in [-0.25, -0.2) is 0 Å². The molecule has 0 saturated carbocycles. The zero-order chi connectivity index (χ0) is 14.4. The van der Waals surface area contributed by atoms with Gasteiger partial charge in [-0.2, -0.15) is 0 Å². The van der Waals surface area contributed by atoms with Crippen molar-refractivity contribution in [3.8, 4) is 5.75 Å². The van der Waals surface area contributed by atoms with Crippen LogP contribution in [0, 0.1) is 6.92 Å². The third-order valence-electron chi connectivity index (χ3n) is 3.39. The van der Waals surface area contributed by atoms with Gasteiger partial charge in [-0.3, -0.25) is 0 Å². The van der Waals surface area contributed by atoms with Crippen LogP contribution in [0.25, 0.3) is 0 Å². The maximum absolute atomic E-state index is 10.2. The van der Waals surface area contributed by atoms with E-state index in [0.717, 1.165) is 17.9 Å². The van der Waals surface area contributed by atoms with Crippen LogP contribution in [0.1, 0.15) is 22.8 Å². The lowest BCUT2D eigenvalue weighted by molar-refractivity contribution is 0.174. The van der Waals surface area contributed by atoms with Crippen molar-refractivity contribution in [2.24, 2.45) is 0 Å². The van der Waals surface area contributed by atoms with E-state index in [0.29, 0.717) is 6.54 Å². The van der Waals surface area contributed by atoms with Crippen molar-refractivity contribution in [1.82, 2.24) is 5.32 Å². The summed E-state index contributed by atoms with van der Waals surface area (Å²) in [4.78, 5) is 0. The van der Waals surface area contributed by atoms with Gasteiger partial charge >= 0.3 is 0 Å². The fraction of sp³-hybridized carbons (Fsp3) is 0.294. The highest BCUT2D eigenvalue weighted by molar-refractivity contribution is 5.30. The van der Waals surface area contributed by atoms with E-state index < -0.39 is 6.10 Å². The Balaban J connectivity index is 1.89. The number of benzene rings is 2. The molecule has 1 unspecified atom stereocenters. The number of ether oxygens (including phenoxy) is 1. The van der Waals surface area contributed by atoms with Gasteiger partial charge in [-0.1, -0.05) is 36.4 Å². The Morgan fingerprint density at radius 1 is 1.15 bits per heavy atom. The second-order valence-electron chi connectivity index (χ2n) is 4.85. The number of hydrogen-bond acceptors (Lipinski definition) is 3. The topological polar surface area (TPSA) is 41.5 Å². The van der Waals surface area contributed by atoms with Gasteiger partial charge in [0.15, 0.2) is 0 Å². The average molecular weight is 271 g/mol. The Morgan fingerprint density at radius 2 is 1.95 bits per heavy atom. The Bertz CT molecular complexity index is 554. The van der Waals surface area contributed by atoms with E-state index in [4.69, 9.17) is 4.74 Å². The van der Waals surface area contributed by atoms with E-state index in [1.165, 1.54) is 11.1 Å². The van der Waals surface area contributed by atoms with Crippen LogP contribution in [-0.2, 0) is 6.54 Å². The summed E-state index contributed by atoms with van der Waals surface area (Å²) in [5, 5.41) is 13.5. The smallest absolute Gasteiger partial charge is 0.119 e. The Labute approximate surface area is 120 Å². The highest BCUT2D eigenvalue weighted by Gasteiger charge is 2.08. The minimum atomic E-state index is -0.533. The summed E-state index contributed by atoms with van der Waals surface area (Å²) in [6.45, 7) is 3.37. The third-order valence-corrected chi connectivity index (χ3v) is 3.39. The molecule has 2 rings (SSSR count). The Morgan fingerprint density at radius 3 is 2.70 bits per heavy atom. The van der Waals surface area contributed by atoms with Crippen molar-refractivity contribution in [3.05, 3.63) is 65.2 Å². The number of hydrogen-bond donors (Lipinski definition) is 2. The van der Waals surface area contributed by atoms with Crippen molar-refractivity contribution in [1.29, 1.82) is 0 Å². The highest BCUT2D eigenvalue weighted by atomic mass is 16.5. The van der Waals surface area contributed by atoms with Gasteiger partial charge < -0.3 is 15.2 Å². The van der Waals surface area contributed by atoms with Gasteiger partial charge in [0.1, 0.15) is 5.75 Å². The molecular weight excluding hydrogens is 250 g/mol. The predicted octanol–water partition coefficient (Wildman–Crippen LogP) is 2.83. The number of aliphatic hydroxyl groups is 1. The molecule has 0 aliphatic carbocycles. The molecule has 1 atom stereocenters. The van der Waals surface area contributed by atoms with Gasteiger partial charge in [0.05, 0.1) is 13.2 Å². The van der Waals surface area contributed by atoms with Crippen molar-refractivity contribution >= 4 is 0 Å². The quantitative estimate of drug-likeness (QED) is 0.849. The fourth-order valence-electron chi connectivity index (χ4n) is 2.12. The highest BCUT2D eigenvalue weighted by Crippen LogP contribution is 2.18. The van der Waals surface area contributed by atoms with Crippen LogP contribution in [0.5, 0.6) is 5.75 Å². The first-order valence-corrected chi connectivity index (χ1v) is 6.78. The van der Waals surface area contributed by atoms with E-state index in [1.807, 2.05) is 36.4 Å². The largest absolute Gasteiger partial charge is 0.497 e. The van der Waals surface area contributed by atoms with Crippen LogP contribution in [0.3, 0.4) is 0 Å². The first kappa shape index (κ1) is 14.6. The molecule has 2 aromatic rings. The van der Waals surface area contributed by atoms with Crippen LogP contribution in [0.4, 0.5) is 0 Å². The minimum Gasteiger partial charge on any atom is -0.497 e. The maximum Gasteiger partial charge on any atom is 0.119 e. The molecule has 0 spiro atoms. The minimum absolute atomic E-state index is 0.515. The van der Waals surface area contributed by atoms with Crippen molar-refractivity contribution < 1.29 is 9.84 Å². The van der Waals surface area contributed by atoms with E-state index in [-0.39, 0.29) is 0 Å². The summed E-state index contributed by atoms with van der Waals surface area (Å²) < 4.78 is 5.16. The van der Waals surface area contributed by atoms with Crippen molar-refractivity contribution in [2.75, 3.05) is 13.7 Å². The average Bonchev–Trinajstić information content (AvgIpc) is 2.49. The molecule has 0 aliphatic rings. The first-order chi connectivity index (χ1) is 9.70. The lowest BCUT2D eigenvalue weighted by Gasteiger charge is -2.14. The number of aryl methyl sites for hydroxylation is 1. The van der Waals surface area contributed by atoms with Gasteiger partial charge in [0.25, 0.3) is 0 Å². The zero-order valence-corrected chi connectivity index (χ0v) is 12.0. The molecule has 0 aromatic heterocycles. The van der Waals surface area contributed by atoms with E-state index in [1.54, 1.807) is 7.11 Å². The molecule has 3 nitrogen and oxygen atoms in total. The number of aliphatic hydroxyl groups excluding tert-OH is 1. The summed E-state index contributed by atoms with van der Waals surface area (Å²) in [5.41, 5.74) is 3.38.